The molecule has 3 aromatic rings. The average molecular weight is 489 g/mol. The maximum absolute atomic E-state index is 12.8. The number of benzene rings is 2. The molecule has 4 rings (SSSR count). The number of thioether (sulfide) groups is 1. The second kappa shape index (κ2) is 8.87. The molecule has 1 aliphatic heterocycles. The number of hydrogen-bond donors (Lipinski definition) is 1. The van der Waals surface area contributed by atoms with Gasteiger partial charge < -0.3 is 9.52 Å². The highest BCUT2D eigenvalue weighted by Gasteiger charge is 2.33. The van der Waals surface area contributed by atoms with Crippen LogP contribution in [0.15, 0.2) is 70.0 Å². The number of carboxylic acid groups (broad SMARTS) is 1. The molecule has 33 heavy (non-hydrogen) atoms. The molecule has 0 bridgehead atoms. The van der Waals surface area contributed by atoms with Crippen molar-refractivity contribution in [2.75, 3.05) is 0 Å². The van der Waals surface area contributed by atoms with Gasteiger partial charge in [-0.05, 0) is 42.0 Å². The third kappa shape index (κ3) is 5.01. The molecule has 1 aromatic heterocycles. The molecule has 10 heteroatoms. The summed E-state index contributed by atoms with van der Waals surface area (Å²) < 4.78 is 44.3. The van der Waals surface area contributed by atoms with E-state index in [0.717, 1.165) is 23.9 Å². The Hall–Kier alpha value is -3.37. The Morgan fingerprint density at radius 3 is 2.52 bits per heavy atom. The van der Waals surface area contributed by atoms with Crippen molar-refractivity contribution in [3.63, 3.8) is 0 Å². The fraction of sp³-hybridized carbons (Fsp3) is 0.0870. The smallest absolute Gasteiger partial charge is 0.416 e. The van der Waals surface area contributed by atoms with E-state index in [1.165, 1.54) is 35.2 Å². The first-order valence-corrected chi connectivity index (χ1v) is 10.7. The van der Waals surface area contributed by atoms with Crippen LogP contribution in [0.3, 0.4) is 0 Å². The van der Waals surface area contributed by atoms with Crippen molar-refractivity contribution in [3.05, 3.63) is 88.0 Å². The summed E-state index contributed by atoms with van der Waals surface area (Å²) >= 11 is 6.34. The van der Waals surface area contributed by atoms with Gasteiger partial charge in [-0.25, -0.2) is 4.79 Å². The zero-order valence-electron chi connectivity index (χ0n) is 16.6. The molecule has 1 fully saturated rings. The average Bonchev–Trinajstić information content (AvgIpc) is 3.34. The number of carbonyl (C=O) groups excluding carboxylic acids is 1. The summed E-state index contributed by atoms with van der Waals surface area (Å²) in [6, 6.07) is 14.1. The van der Waals surface area contributed by atoms with Crippen molar-refractivity contribution < 1.29 is 32.3 Å². The Kier molecular flexibility index (Phi) is 6.13. The number of aromatic carboxylic acids is 1. The highest BCUT2D eigenvalue weighted by atomic mass is 32.2. The van der Waals surface area contributed by atoms with Crippen LogP contribution in [-0.2, 0) is 17.5 Å². The molecule has 1 aliphatic rings. The van der Waals surface area contributed by atoms with Crippen LogP contribution in [0.4, 0.5) is 13.2 Å². The van der Waals surface area contributed by atoms with Crippen molar-refractivity contribution in [2.45, 2.75) is 12.7 Å². The number of hydrogen-bond acceptors (Lipinski definition) is 5. The van der Waals surface area contributed by atoms with Crippen LogP contribution in [0.5, 0.6) is 0 Å². The first-order chi connectivity index (χ1) is 15.6. The van der Waals surface area contributed by atoms with Crippen LogP contribution in [0, 0.1) is 0 Å². The molecule has 1 amide bonds. The zero-order chi connectivity index (χ0) is 23.8. The van der Waals surface area contributed by atoms with Gasteiger partial charge in [0.1, 0.15) is 15.8 Å². The molecule has 168 valence electrons. The molecular formula is C23H14F3NO4S2. The van der Waals surface area contributed by atoms with Crippen LogP contribution in [-0.4, -0.2) is 26.2 Å². The van der Waals surface area contributed by atoms with Crippen molar-refractivity contribution >= 4 is 46.3 Å². The maximum atomic E-state index is 12.8. The first-order valence-electron chi connectivity index (χ1n) is 9.47. The monoisotopic (exact) mass is 489 g/mol. The summed E-state index contributed by atoms with van der Waals surface area (Å²) in [5.41, 5.74) is 0.442. The van der Waals surface area contributed by atoms with Gasteiger partial charge in [0.25, 0.3) is 5.91 Å². The Bertz CT molecular complexity index is 1280. The van der Waals surface area contributed by atoms with Gasteiger partial charge >= 0.3 is 12.1 Å². The summed E-state index contributed by atoms with van der Waals surface area (Å²) in [6.07, 6.45) is -2.91. The highest BCUT2D eigenvalue weighted by Crippen LogP contribution is 2.35. The number of alkyl halides is 3. The third-order valence-corrected chi connectivity index (χ3v) is 6.17. The third-order valence-electron chi connectivity index (χ3n) is 4.79. The van der Waals surface area contributed by atoms with Gasteiger partial charge in [0.2, 0.25) is 0 Å². The Balaban J connectivity index is 1.50. The van der Waals surface area contributed by atoms with Gasteiger partial charge in [-0.1, -0.05) is 48.2 Å². The standard InChI is InChI=1S/C23H14F3NO4S2/c24-23(25,26)16-6-4-13(5-7-16)12-27-20(28)19(33-22(27)32)11-17-8-9-18(31-17)14-2-1-3-15(10-14)21(29)30/h1-11H,12H2,(H,29,30)/b19-11-. The number of furan rings is 1. The molecule has 0 unspecified atom stereocenters. The van der Waals surface area contributed by atoms with E-state index < -0.39 is 17.7 Å². The lowest BCUT2D eigenvalue weighted by molar-refractivity contribution is -0.137. The van der Waals surface area contributed by atoms with Crippen LogP contribution in [0.1, 0.15) is 27.2 Å². The fourth-order valence-electron chi connectivity index (χ4n) is 3.14. The van der Waals surface area contributed by atoms with E-state index in [1.807, 2.05) is 0 Å². The second-order valence-corrected chi connectivity index (χ2v) is 8.73. The van der Waals surface area contributed by atoms with Crippen LogP contribution in [0.2, 0.25) is 0 Å². The first kappa shape index (κ1) is 22.8. The SMILES string of the molecule is O=C(O)c1cccc(-c2ccc(/C=C3\SC(=S)N(Cc4ccc(C(F)(F)F)cc4)C3=O)o2)c1. The number of carboxylic acids is 1. The zero-order valence-corrected chi connectivity index (χ0v) is 18.3. The van der Waals surface area contributed by atoms with Crippen LogP contribution >= 0.6 is 24.0 Å². The van der Waals surface area contributed by atoms with E-state index in [0.29, 0.717) is 27.6 Å². The topological polar surface area (TPSA) is 70.8 Å². The van der Waals surface area contributed by atoms with Gasteiger partial charge in [0, 0.05) is 11.6 Å². The van der Waals surface area contributed by atoms with Crippen LogP contribution in [0.25, 0.3) is 17.4 Å². The number of carbonyl (C=O) groups is 2. The number of amides is 1. The van der Waals surface area contributed by atoms with E-state index in [2.05, 4.69) is 0 Å². The molecule has 0 spiro atoms. The highest BCUT2D eigenvalue weighted by molar-refractivity contribution is 8.26. The number of nitrogens with zero attached hydrogens (tertiary/aromatic N) is 1. The van der Waals surface area contributed by atoms with E-state index >= 15 is 0 Å². The molecule has 1 N–H and O–H groups in total. The summed E-state index contributed by atoms with van der Waals surface area (Å²) in [7, 11) is 0. The van der Waals surface area contributed by atoms with E-state index in [1.54, 1.807) is 24.3 Å². The van der Waals surface area contributed by atoms with Gasteiger partial charge in [-0.3, -0.25) is 9.69 Å². The summed E-state index contributed by atoms with van der Waals surface area (Å²) in [4.78, 5) is 25.6. The lowest BCUT2D eigenvalue weighted by Gasteiger charge is -2.15. The van der Waals surface area contributed by atoms with Crippen molar-refractivity contribution in [2.24, 2.45) is 0 Å². The number of rotatable bonds is 5. The maximum Gasteiger partial charge on any atom is 0.416 e. The molecule has 2 aromatic carbocycles. The van der Waals surface area contributed by atoms with Gasteiger partial charge in [0.05, 0.1) is 22.6 Å². The van der Waals surface area contributed by atoms with Crippen molar-refractivity contribution in [1.29, 1.82) is 0 Å². The van der Waals surface area contributed by atoms with E-state index in [-0.39, 0.29) is 22.3 Å². The van der Waals surface area contributed by atoms with E-state index in [4.69, 9.17) is 21.7 Å². The molecule has 5 nitrogen and oxygen atoms in total. The quantitative estimate of drug-likeness (QED) is 0.347. The van der Waals surface area contributed by atoms with Crippen LogP contribution < -0.4 is 0 Å². The Morgan fingerprint density at radius 2 is 1.85 bits per heavy atom. The second-order valence-electron chi connectivity index (χ2n) is 7.05. The minimum atomic E-state index is -4.43. The van der Waals surface area contributed by atoms with Gasteiger partial charge in [-0.15, -0.1) is 0 Å². The molecular weight excluding hydrogens is 475 g/mol. The molecule has 1 saturated heterocycles. The Morgan fingerprint density at radius 1 is 1.12 bits per heavy atom. The largest absolute Gasteiger partial charge is 0.478 e. The summed E-state index contributed by atoms with van der Waals surface area (Å²) in [5, 5.41) is 9.14. The molecule has 0 aliphatic carbocycles. The molecule has 0 radical (unpaired) electrons. The minimum Gasteiger partial charge on any atom is -0.478 e. The number of halogens is 3. The molecule has 0 saturated carbocycles. The molecule has 0 atom stereocenters. The normalized spacial score (nSPS) is 15.5. The summed E-state index contributed by atoms with van der Waals surface area (Å²) in [6.45, 7) is 0.0472. The van der Waals surface area contributed by atoms with E-state index in [9.17, 15) is 22.8 Å². The number of thiocarbonyl (C=S) groups is 1. The Labute approximate surface area is 195 Å². The van der Waals surface area contributed by atoms with Crippen molar-refractivity contribution in [1.82, 2.24) is 4.90 Å². The predicted molar refractivity (Wildman–Crippen MR) is 121 cm³/mol. The summed E-state index contributed by atoms with van der Waals surface area (Å²) in [5.74, 6) is -0.624. The lowest BCUT2D eigenvalue weighted by Crippen LogP contribution is -2.27. The minimum absolute atomic E-state index is 0.0472. The predicted octanol–water partition coefficient (Wildman–Crippen LogP) is 6.07. The molecule has 2 heterocycles. The van der Waals surface area contributed by atoms with Gasteiger partial charge in [0.15, 0.2) is 0 Å². The lowest BCUT2D eigenvalue weighted by atomic mass is 10.1. The fourth-order valence-corrected chi connectivity index (χ4v) is 4.37. The van der Waals surface area contributed by atoms with Crippen molar-refractivity contribution in [3.8, 4) is 11.3 Å². The van der Waals surface area contributed by atoms with Gasteiger partial charge in [-0.2, -0.15) is 13.2 Å².